The third-order valence-electron chi connectivity index (χ3n) is 5.18. The Labute approximate surface area is 164 Å². The van der Waals surface area contributed by atoms with Crippen LogP contribution in [0.1, 0.15) is 25.3 Å². The van der Waals surface area contributed by atoms with Crippen LogP contribution in [-0.4, -0.2) is 42.0 Å². The fourth-order valence-electron chi connectivity index (χ4n) is 3.81. The molecule has 2 aromatic carbocycles. The highest BCUT2D eigenvalue weighted by Gasteiger charge is 2.28. The van der Waals surface area contributed by atoms with E-state index in [4.69, 9.17) is 4.74 Å². The maximum Gasteiger partial charge on any atom is 0.273 e. The predicted octanol–water partition coefficient (Wildman–Crippen LogP) is 3.62. The van der Waals surface area contributed by atoms with Crippen LogP contribution in [0.25, 0.3) is 0 Å². The molecule has 1 saturated heterocycles. The Hall–Kier alpha value is -2.93. The van der Waals surface area contributed by atoms with Gasteiger partial charge in [0, 0.05) is 56.0 Å². The van der Waals surface area contributed by atoms with Gasteiger partial charge in [-0.1, -0.05) is 24.3 Å². The molecule has 0 aliphatic carbocycles. The van der Waals surface area contributed by atoms with Gasteiger partial charge in [0.15, 0.2) is 0 Å². The lowest BCUT2D eigenvalue weighted by Crippen LogP contribution is -2.46. The van der Waals surface area contributed by atoms with Gasteiger partial charge in [-0.15, -0.1) is 0 Å². The second-order valence-corrected chi connectivity index (χ2v) is 6.98. The second-order valence-electron chi connectivity index (χ2n) is 6.98. The first-order chi connectivity index (χ1) is 13.5. The van der Waals surface area contributed by atoms with Crippen LogP contribution in [0.2, 0.25) is 0 Å². The Kier molecular flexibility index (Phi) is 6.26. The summed E-state index contributed by atoms with van der Waals surface area (Å²) in [6.07, 6.45) is 1.63. The van der Waals surface area contributed by atoms with Crippen molar-refractivity contribution in [2.75, 3.05) is 25.1 Å². The number of amides is 1. The van der Waals surface area contributed by atoms with Crippen LogP contribution in [-0.2, 0) is 11.3 Å². The Morgan fingerprint density at radius 2 is 1.93 bits per heavy atom. The standard InChI is InChI=1S/C21H25N3O4/c1-16(25)23(19-7-5-8-20(14-19)28-2)18-10-12-22(13-11-18)15-17-6-3-4-9-21(17)24(26)27/h3-9,14,18H,10-13,15H2,1-2H3. The summed E-state index contributed by atoms with van der Waals surface area (Å²) in [6.45, 7) is 3.69. The minimum atomic E-state index is -0.331. The number of nitro benzene ring substituents is 1. The molecule has 0 aromatic heterocycles. The molecule has 3 rings (SSSR count). The first-order valence-corrected chi connectivity index (χ1v) is 9.38. The van der Waals surface area contributed by atoms with Crippen LogP contribution in [0.5, 0.6) is 5.75 Å². The predicted molar refractivity (Wildman–Crippen MR) is 108 cm³/mol. The molecule has 148 valence electrons. The Morgan fingerprint density at radius 3 is 2.57 bits per heavy atom. The summed E-state index contributed by atoms with van der Waals surface area (Å²) < 4.78 is 5.28. The third-order valence-corrected chi connectivity index (χ3v) is 5.18. The van der Waals surface area contributed by atoms with Crippen molar-refractivity contribution in [3.63, 3.8) is 0 Å². The molecule has 0 unspecified atom stereocenters. The molecule has 1 aliphatic rings. The van der Waals surface area contributed by atoms with Crippen molar-refractivity contribution >= 4 is 17.3 Å². The lowest BCUT2D eigenvalue weighted by molar-refractivity contribution is -0.385. The van der Waals surface area contributed by atoms with Crippen LogP contribution in [0.4, 0.5) is 11.4 Å². The molecule has 1 fully saturated rings. The highest BCUT2D eigenvalue weighted by molar-refractivity contribution is 5.92. The zero-order chi connectivity index (χ0) is 20.1. The van der Waals surface area contributed by atoms with E-state index in [9.17, 15) is 14.9 Å². The van der Waals surface area contributed by atoms with Crippen LogP contribution in [0.15, 0.2) is 48.5 Å². The molecule has 0 radical (unpaired) electrons. The number of piperidine rings is 1. The van der Waals surface area contributed by atoms with E-state index in [1.807, 2.05) is 41.3 Å². The number of nitrogens with zero attached hydrogens (tertiary/aromatic N) is 3. The zero-order valence-corrected chi connectivity index (χ0v) is 16.2. The van der Waals surface area contributed by atoms with Gasteiger partial charge in [0.25, 0.3) is 5.69 Å². The molecule has 1 amide bonds. The number of ether oxygens (including phenoxy) is 1. The summed E-state index contributed by atoms with van der Waals surface area (Å²) in [6, 6.07) is 14.5. The van der Waals surface area contributed by atoms with Gasteiger partial charge in [-0.3, -0.25) is 19.8 Å². The Morgan fingerprint density at radius 1 is 1.21 bits per heavy atom. The number of carbonyl (C=O) groups excluding carboxylic acids is 1. The van der Waals surface area contributed by atoms with Gasteiger partial charge in [0.1, 0.15) is 5.75 Å². The van der Waals surface area contributed by atoms with Gasteiger partial charge in [0.2, 0.25) is 5.91 Å². The minimum absolute atomic E-state index is 0.00500. The van der Waals surface area contributed by atoms with E-state index in [-0.39, 0.29) is 22.6 Å². The number of hydrogen-bond acceptors (Lipinski definition) is 5. The van der Waals surface area contributed by atoms with Gasteiger partial charge in [-0.05, 0) is 25.0 Å². The van der Waals surface area contributed by atoms with E-state index in [0.29, 0.717) is 6.54 Å². The number of anilines is 1. The van der Waals surface area contributed by atoms with Gasteiger partial charge in [-0.2, -0.15) is 0 Å². The van der Waals surface area contributed by atoms with Crippen molar-refractivity contribution in [2.24, 2.45) is 0 Å². The van der Waals surface area contributed by atoms with Crippen molar-refractivity contribution in [3.05, 3.63) is 64.2 Å². The van der Waals surface area contributed by atoms with Gasteiger partial charge in [0.05, 0.1) is 12.0 Å². The molecular formula is C21H25N3O4. The molecule has 0 N–H and O–H groups in total. The van der Waals surface area contributed by atoms with Crippen LogP contribution >= 0.6 is 0 Å². The smallest absolute Gasteiger partial charge is 0.273 e. The number of benzene rings is 2. The first-order valence-electron chi connectivity index (χ1n) is 9.38. The molecule has 0 spiro atoms. The first kappa shape index (κ1) is 19.8. The maximum atomic E-state index is 12.3. The Bertz CT molecular complexity index is 847. The van der Waals surface area contributed by atoms with E-state index in [0.717, 1.165) is 42.9 Å². The van der Waals surface area contributed by atoms with Gasteiger partial charge >= 0.3 is 0 Å². The Balaban J connectivity index is 1.68. The SMILES string of the molecule is COc1cccc(N(C(C)=O)C2CCN(Cc3ccccc3[N+](=O)[O-])CC2)c1. The van der Waals surface area contributed by atoms with Crippen LogP contribution in [0, 0.1) is 10.1 Å². The third kappa shape index (κ3) is 4.48. The molecule has 0 atom stereocenters. The molecule has 28 heavy (non-hydrogen) atoms. The zero-order valence-electron chi connectivity index (χ0n) is 16.2. The lowest BCUT2D eigenvalue weighted by atomic mass is 10.0. The molecule has 7 heteroatoms. The molecular weight excluding hydrogens is 358 g/mol. The van der Waals surface area contributed by atoms with Gasteiger partial charge < -0.3 is 9.64 Å². The summed E-state index contributed by atoms with van der Waals surface area (Å²) in [5.41, 5.74) is 1.72. The minimum Gasteiger partial charge on any atom is -0.497 e. The summed E-state index contributed by atoms with van der Waals surface area (Å²) in [5.74, 6) is 0.725. The van der Waals surface area contributed by atoms with Crippen molar-refractivity contribution in [3.8, 4) is 5.75 Å². The molecule has 7 nitrogen and oxygen atoms in total. The van der Waals surface area contributed by atoms with E-state index in [2.05, 4.69) is 4.90 Å². The second kappa shape index (κ2) is 8.84. The molecule has 0 saturated carbocycles. The summed E-state index contributed by atoms with van der Waals surface area (Å²) >= 11 is 0. The highest BCUT2D eigenvalue weighted by atomic mass is 16.6. The summed E-state index contributed by atoms with van der Waals surface area (Å²) in [7, 11) is 1.61. The number of nitro groups is 1. The van der Waals surface area contributed by atoms with E-state index < -0.39 is 0 Å². The average molecular weight is 383 g/mol. The number of rotatable bonds is 6. The van der Waals surface area contributed by atoms with E-state index >= 15 is 0 Å². The average Bonchev–Trinajstić information content (AvgIpc) is 2.69. The number of likely N-dealkylation sites (tertiary alicyclic amines) is 1. The topological polar surface area (TPSA) is 75.9 Å². The van der Waals surface area contributed by atoms with Crippen molar-refractivity contribution in [1.29, 1.82) is 0 Å². The van der Waals surface area contributed by atoms with Crippen molar-refractivity contribution in [2.45, 2.75) is 32.4 Å². The lowest BCUT2D eigenvalue weighted by Gasteiger charge is -2.38. The number of para-hydroxylation sites is 1. The van der Waals surface area contributed by atoms with Crippen molar-refractivity contribution in [1.82, 2.24) is 4.90 Å². The van der Waals surface area contributed by atoms with E-state index in [1.54, 1.807) is 26.2 Å². The molecule has 1 heterocycles. The molecule has 2 aromatic rings. The van der Waals surface area contributed by atoms with Gasteiger partial charge in [-0.25, -0.2) is 0 Å². The molecule has 1 aliphatic heterocycles. The van der Waals surface area contributed by atoms with Crippen molar-refractivity contribution < 1.29 is 14.5 Å². The quantitative estimate of drug-likeness (QED) is 0.562. The van der Waals surface area contributed by atoms with Crippen LogP contribution < -0.4 is 9.64 Å². The fourth-order valence-corrected chi connectivity index (χ4v) is 3.81. The number of hydrogen-bond donors (Lipinski definition) is 0. The maximum absolute atomic E-state index is 12.3. The normalized spacial score (nSPS) is 15.2. The van der Waals surface area contributed by atoms with Crippen LogP contribution in [0.3, 0.4) is 0 Å². The molecule has 0 bridgehead atoms. The monoisotopic (exact) mass is 383 g/mol. The number of carbonyl (C=O) groups is 1. The van der Waals surface area contributed by atoms with E-state index in [1.165, 1.54) is 0 Å². The summed E-state index contributed by atoms with van der Waals surface area (Å²) in [5, 5.41) is 11.2. The highest BCUT2D eigenvalue weighted by Crippen LogP contribution is 2.28. The summed E-state index contributed by atoms with van der Waals surface area (Å²) in [4.78, 5) is 27.3. The number of methoxy groups -OCH3 is 1. The fraction of sp³-hybridized carbons (Fsp3) is 0.381. The largest absolute Gasteiger partial charge is 0.497 e.